The number of aromatic nitrogens is 1. The van der Waals surface area contributed by atoms with E-state index < -0.39 is 0 Å². The number of benzene rings is 1. The summed E-state index contributed by atoms with van der Waals surface area (Å²) in [7, 11) is 0. The van der Waals surface area contributed by atoms with Gasteiger partial charge in [-0.2, -0.15) is 0 Å². The third-order valence-corrected chi connectivity index (χ3v) is 2.84. The summed E-state index contributed by atoms with van der Waals surface area (Å²) in [4.78, 5) is 4.04. The van der Waals surface area contributed by atoms with Crippen LogP contribution < -0.4 is 10.9 Å². The summed E-state index contributed by atoms with van der Waals surface area (Å²) < 4.78 is 0. The molecule has 94 valence electrons. The molecule has 0 aliphatic heterocycles. The molecular weight excluding hydrogens is 246 g/mol. The summed E-state index contributed by atoms with van der Waals surface area (Å²) in [6.07, 6.45) is 2.71. The van der Waals surface area contributed by atoms with Crippen molar-refractivity contribution in [2.24, 2.45) is 0 Å². The van der Waals surface area contributed by atoms with Crippen molar-refractivity contribution in [3.8, 4) is 0 Å². The third kappa shape index (κ3) is 4.02. The second-order valence-electron chi connectivity index (χ2n) is 4.16. The van der Waals surface area contributed by atoms with Crippen LogP contribution in [-0.4, -0.2) is 11.5 Å². The molecule has 1 aromatic heterocycles. The number of hydrogen-bond donors (Lipinski definition) is 2. The molecule has 2 N–H and O–H groups in total. The molecule has 0 saturated carbocycles. The summed E-state index contributed by atoms with van der Waals surface area (Å²) in [5.74, 6) is 0. The fourth-order valence-corrected chi connectivity index (χ4v) is 1.67. The molecule has 0 atom stereocenters. The predicted octanol–water partition coefficient (Wildman–Crippen LogP) is 3.20. The molecule has 0 radical (unpaired) electrons. The number of nitrogens with zero attached hydrogens (tertiary/aromatic N) is 1. The first-order valence-corrected chi connectivity index (χ1v) is 6.28. The summed E-state index contributed by atoms with van der Waals surface area (Å²) in [6.45, 7) is 2.90. The number of rotatable bonds is 5. The van der Waals surface area contributed by atoms with Crippen LogP contribution >= 0.6 is 11.6 Å². The van der Waals surface area contributed by atoms with E-state index in [1.807, 2.05) is 24.3 Å². The summed E-state index contributed by atoms with van der Waals surface area (Å²) in [5, 5.41) is 0.532. The van der Waals surface area contributed by atoms with Gasteiger partial charge in [0.1, 0.15) is 5.15 Å². The highest BCUT2D eigenvalue weighted by Crippen LogP contribution is 2.07. The van der Waals surface area contributed by atoms with Crippen LogP contribution in [0.4, 0.5) is 5.69 Å². The third-order valence-electron chi connectivity index (χ3n) is 2.61. The topological polar surface area (TPSA) is 37.0 Å². The highest BCUT2D eigenvalue weighted by molar-refractivity contribution is 6.29. The van der Waals surface area contributed by atoms with Gasteiger partial charge in [0, 0.05) is 18.4 Å². The van der Waals surface area contributed by atoms with Crippen LogP contribution in [0.3, 0.4) is 0 Å². The van der Waals surface area contributed by atoms with Crippen LogP contribution in [0.15, 0.2) is 42.6 Å². The van der Waals surface area contributed by atoms with Gasteiger partial charge in [-0.05, 0) is 37.1 Å². The Hall–Kier alpha value is -1.58. The molecule has 0 fully saturated rings. The Kier molecular flexibility index (Phi) is 4.56. The average molecular weight is 262 g/mol. The Labute approximate surface area is 112 Å². The maximum atomic E-state index is 5.73. The summed E-state index contributed by atoms with van der Waals surface area (Å²) in [6, 6.07) is 12.0. The van der Waals surface area contributed by atoms with Gasteiger partial charge >= 0.3 is 0 Å². The Balaban J connectivity index is 1.73. The number of pyridine rings is 1. The molecule has 0 unspecified atom stereocenters. The number of aryl methyl sites for hydroxylation is 1. The van der Waals surface area contributed by atoms with Crippen LogP contribution in [0.1, 0.15) is 11.1 Å². The van der Waals surface area contributed by atoms with Gasteiger partial charge in [-0.15, -0.1) is 0 Å². The molecule has 0 saturated heterocycles. The zero-order valence-corrected chi connectivity index (χ0v) is 11.0. The van der Waals surface area contributed by atoms with Crippen molar-refractivity contribution in [2.75, 3.05) is 12.0 Å². The van der Waals surface area contributed by atoms with Gasteiger partial charge in [0.25, 0.3) is 0 Å². The molecule has 0 spiro atoms. The molecule has 2 aromatic rings. The quantitative estimate of drug-likeness (QED) is 0.493. The summed E-state index contributed by atoms with van der Waals surface area (Å²) >= 11 is 5.73. The second-order valence-corrected chi connectivity index (χ2v) is 4.54. The van der Waals surface area contributed by atoms with Crippen LogP contribution in [0.2, 0.25) is 5.15 Å². The highest BCUT2D eigenvalue weighted by Gasteiger charge is 1.94. The van der Waals surface area contributed by atoms with E-state index in [9.17, 15) is 0 Å². The Morgan fingerprint density at radius 2 is 1.89 bits per heavy atom. The Bertz CT molecular complexity index is 432. The van der Waals surface area contributed by atoms with Crippen LogP contribution in [-0.2, 0) is 6.42 Å². The van der Waals surface area contributed by atoms with Crippen LogP contribution in [0.25, 0.3) is 0 Å². The predicted molar refractivity (Wildman–Crippen MR) is 75.8 cm³/mol. The Morgan fingerprint density at radius 3 is 2.56 bits per heavy atom. The number of hydrogen-bond acceptors (Lipinski definition) is 3. The van der Waals surface area contributed by atoms with E-state index in [0.717, 1.165) is 24.2 Å². The van der Waals surface area contributed by atoms with Crippen molar-refractivity contribution in [1.29, 1.82) is 0 Å². The first kappa shape index (κ1) is 12.9. The first-order chi connectivity index (χ1) is 8.74. The Morgan fingerprint density at radius 1 is 1.11 bits per heavy atom. The largest absolute Gasteiger partial charge is 0.321 e. The molecule has 1 aromatic carbocycles. The minimum Gasteiger partial charge on any atom is -0.321 e. The lowest BCUT2D eigenvalue weighted by atomic mass is 10.2. The monoisotopic (exact) mass is 261 g/mol. The van der Waals surface area contributed by atoms with E-state index in [-0.39, 0.29) is 0 Å². The fraction of sp³-hybridized carbons (Fsp3) is 0.214. The molecule has 0 aliphatic rings. The molecule has 3 nitrogen and oxygen atoms in total. The van der Waals surface area contributed by atoms with Gasteiger partial charge in [-0.1, -0.05) is 35.4 Å². The number of nitrogens with one attached hydrogen (secondary N) is 2. The van der Waals surface area contributed by atoms with Gasteiger partial charge < -0.3 is 5.43 Å². The van der Waals surface area contributed by atoms with Crippen molar-refractivity contribution in [2.45, 2.75) is 13.3 Å². The van der Waals surface area contributed by atoms with Crippen molar-refractivity contribution < 1.29 is 0 Å². The fourth-order valence-electron chi connectivity index (χ4n) is 1.56. The molecule has 1 heterocycles. The molecule has 0 amide bonds. The number of hydrazine groups is 1. The van der Waals surface area contributed by atoms with Crippen LogP contribution in [0, 0.1) is 6.92 Å². The van der Waals surface area contributed by atoms with E-state index in [1.165, 1.54) is 5.56 Å². The van der Waals surface area contributed by atoms with E-state index in [0.29, 0.717) is 5.15 Å². The van der Waals surface area contributed by atoms with E-state index in [4.69, 9.17) is 11.6 Å². The standard InChI is InChI=1S/C14H16ClN3/c1-11-2-5-13(6-3-11)18-17-9-8-12-4-7-14(15)16-10-12/h2-7,10,17-18H,8-9H2,1H3. The van der Waals surface area contributed by atoms with Crippen molar-refractivity contribution >= 4 is 17.3 Å². The van der Waals surface area contributed by atoms with E-state index in [1.54, 1.807) is 6.20 Å². The van der Waals surface area contributed by atoms with Gasteiger partial charge in [0.2, 0.25) is 0 Å². The highest BCUT2D eigenvalue weighted by atomic mass is 35.5. The minimum atomic E-state index is 0.532. The second kappa shape index (κ2) is 6.38. The van der Waals surface area contributed by atoms with Crippen molar-refractivity contribution in [1.82, 2.24) is 10.4 Å². The zero-order chi connectivity index (χ0) is 12.8. The maximum absolute atomic E-state index is 5.73. The van der Waals surface area contributed by atoms with Crippen molar-refractivity contribution in [3.63, 3.8) is 0 Å². The lowest BCUT2D eigenvalue weighted by Crippen LogP contribution is -2.24. The van der Waals surface area contributed by atoms with Gasteiger partial charge in [-0.3, -0.25) is 0 Å². The average Bonchev–Trinajstić information content (AvgIpc) is 2.39. The number of halogens is 1. The van der Waals surface area contributed by atoms with Crippen LogP contribution in [0.5, 0.6) is 0 Å². The van der Waals surface area contributed by atoms with Gasteiger partial charge in [-0.25, -0.2) is 10.4 Å². The molecule has 18 heavy (non-hydrogen) atoms. The van der Waals surface area contributed by atoms with E-state index in [2.05, 4.69) is 34.9 Å². The van der Waals surface area contributed by atoms with E-state index >= 15 is 0 Å². The first-order valence-electron chi connectivity index (χ1n) is 5.90. The molecule has 2 rings (SSSR count). The lowest BCUT2D eigenvalue weighted by molar-refractivity contribution is 0.777. The number of anilines is 1. The minimum absolute atomic E-state index is 0.532. The SMILES string of the molecule is Cc1ccc(NNCCc2ccc(Cl)nc2)cc1. The molecule has 4 heteroatoms. The lowest BCUT2D eigenvalue weighted by Gasteiger charge is -2.08. The molecule has 0 aliphatic carbocycles. The van der Waals surface area contributed by atoms with Gasteiger partial charge in [0.15, 0.2) is 0 Å². The summed E-state index contributed by atoms with van der Waals surface area (Å²) in [5.41, 5.74) is 9.82. The van der Waals surface area contributed by atoms with Crippen molar-refractivity contribution in [3.05, 3.63) is 58.9 Å². The normalized spacial score (nSPS) is 10.3. The zero-order valence-electron chi connectivity index (χ0n) is 10.3. The molecular formula is C14H16ClN3. The smallest absolute Gasteiger partial charge is 0.129 e. The molecule has 0 bridgehead atoms. The van der Waals surface area contributed by atoms with Gasteiger partial charge in [0.05, 0.1) is 0 Å². The maximum Gasteiger partial charge on any atom is 0.129 e.